The Hall–Kier alpha value is -1.50. The molecule has 0 heterocycles. The maximum absolute atomic E-state index is 5.86. The third kappa shape index (κ3) is 1.87. The summed E-state index contributed by atoms with van der Waals surface area (Å²) in [5.74, 6) is 0. The summed E-state index contributed by atoms with van der Waals surface area (Å²) < 4.78 is 0. The molecule has 2 aromatic rings. The molecule has 0 aliphatic rings. The lowest BCUT2D eigenvalue weighted by Crippen LogP contribution is -1.88. The van der Waals surface area contributed by atoms with E-state index in [4.69, 9.17) is 5.73 Å². The molecule has 1 nitrogen and oxygen atoms in total. The molecule has 0 aromatic heterocycles. The van der Waals surface area contributed by atoms with Crippen LogP contribution >= 0.6 is 0 Å². The van der Waals surface area contributed by atoms with Crippen molar-refractivity contribution in [2.24, 2.45) is 0 Å². The van der Waals surface area contributed by atoms with Crippen molar-refractivity contribution >= 4 is 16.5 Å². The minimum atomic E-state index is 0.866. The number of benzene rings is 2. The van der Waals surface area contributed by atoms with E-state index in [9.17, 15) is 0 Å². The Labute approximate surface area is 85.6 Å². The quantitative estimate of drug-likeness (QED) is 0.624. The van der Waals surface area contributed by atoms with Gasteiger partial charge in [0.1, 0.15) is 0 Å². The van der Waals surface area contributed by atoms with E-state index >= 15 is 0 Å². The highest BCUT2D eigenvalue weighted by Crippen LogP contribution is 2.23. The fourth-order valence-electron chi connectivity index (χ4n) is 1.56. The van der Waals surface area contributed by atoms with Crippen molar-refractivity contribution < 1.29 is 0 Å². The zero-order valence-corrected chi connectivity index (χ0v) is 9.04. The molecule has 0 saturated carbocycles. The molecule has 0 aliphatic carbocycles. The fraction of sp³-hybridized carbons (Fsp3) is 0.231. The lowest BCUT2D eigenvalue weighted by Gasteiger charge is -2.03. The van der Waals surface area contributed by atoms with Crippen LogP contribution in [-0.2, 0) is 0 Å². The Bertz CT molecular complexity index is 382. The van der Waals surface area contributed by atoms with Gasteiger partial charge in [0, 0.05) is 11.1 Å². The topological polar surface area (TPSA) is 26.0 Å². The second-order valence-electron chi connectivity index (χ2n) is 3.02. The minimum absolute atomic E-state index is 0.866. The summed E-state index contributed by atoms with van der Waals surface area (Å²) in [6.07, 6.45) is 0. The summed E-state index contributed by atoms with van der Waals surface area (Å²) in [6.45, 7) is 6.08. The van der Waals surface area contributed by atoms with E-state index in [-0.39, 0.29) is 0 Å². The van der Waals surface area contributed by atoms with Crippen molar-refractivity contribution in [2.75, 3.05) is 5.73 Å². The van der Waals surface area contributed by atoms with E-state index in [0.29, 0.717) is 0 Å². The molecule has 0 saturated heterocycles. The molecule has 14 heavy (non-hydrogen) atoms. The average Bonchev–Trinajstić information content (AvgIpc) is 2.21. The van der Waals surface area contributed by atoms with Crippen LogP contribution in [0.15, 0.2) is 36.4 Å². The zero-order valence-electron chi connectivity index (χ0n) is 9.04. The summed E-state index contributed by atoms with van der Waals surface area (Å²) in [5.41, 5.74) is 7.96. The van der Waals surface area contributed by atoms with E-state index in [1.807, 2.05) is 26.0 Å². The third-order valence-electron chi connectivity index (χ3n) is 2.15. The van der Waals surface area contributed by atoms with Crippen LogP contribution in [-0.4, -0.2) is 0 Å². The van der Waals surface area contributed by atoms with Crippen molar-refractivity contribution in [3.8, 4) is 0 Å². The van der Waals surface area contributed by atoms with Crippen LogP contribution in [0.25, 0.3) is 10.8 Å². The standard InChI is InChI=1S/C11H11N.C2H6/c1-8-4-2-5-9-6-3-7-10(12)11(8)9;1-2/h2-7H,12H2,1H3;1-2H3. The minimum Gasteiger partial charge on any atom is -0.398 e. The first-order valence-electron chi connectivity index (χ1n) is 5.03. The maximum atomic E-state index is 5.86. The van der Waals surface area contributed by atoms with Crippen LogP contribution in [0.2, 0.25) is 0 Å². The highest BCUT2D eigenvalue weighted by atomic mass is 14.5. The van der Waals surface area contributed by atoms with Crippen LogP contribution in [0.4, 0.5) is 5.69 Å². The van der Waals surface area contributed by atoms with Gasteiger partial charge in [-0.25, -0.2) is 0 Å². The van der Waals surface area contributed by atoms with Gasteiger partial charge in [-0.15, -0.1) is 0 Å². The number of anilines is 1. The van der Waals surface area contributed by atoms with Gasteiger partial charge in [0.15, 0.2) is 0 Å². The van der Waals surface area contributed by atoms with Crippen molar-refractivity contribution in [3.05, 3.63) is 42.0 Å². The van der Waals surface area contributed by atoms with Gasteiger partial charge in [0.2, 0.25) is 0 Å². The molecule has 0 fully saturated rings. The van der Waals surface area contributed by atoms with Crippen LogP contribution < -0.4 is 5.73 Å². The molecule has 0 radical (unpaired) electrons. The fourth-order valence-corrected chi connectivity index (χ4v) is 1.56. The summed E-state index contributed by atoms with van der Waals surface area (Å²) in [7, 11) is 0. The first kappa shape index (κ1) is 10.6. The summed E-state index contributed by atoms with van der Waals surface area (Å²) in [5, 5.41) is 2.40. The highest BCUT2D eigenvalue weighted by Gasteiger charge is 1.98. The number of hydrogen-bond acceptors (Lipinski definition) is 1. The van der Waals surface area contributed by atoms with Crippen molar-refractivity contribution in [1.82, 2.24) is 0 Å². The molecule has 0 amide bonds. The number of nitrogen functional groups attached to an aromatic ring is 1. The Morgan fingerprint density at radius 2 is 1.50 bits per heavy atom. The normalized spacial score (nSPS) is 9.36. The Morgan fingerprint density at radius 1 is 0.929 bits per heavy atom. The summed E-state index contributed by atoms with van der Waals surface area (Å²) in [4.78, 5) is 0. The van der Waals surface area contributed by atoms with E-state index in [1.165, 1.54) is 16.3 Å². The lowest BCUT2D eigenvalue weighted by atomic mass is 10.0. The molecule has 2 aromatic carbocycles. The largest absolute Gasteiger partial charge is 0.398 e. The van der Waals surface area contributed by atoms with Crippen molar-refractivity contribution in [2.45, 2.75) is 20.8 Å². The van der Waals surface area contributed by atoms with E-state index in [1.54, 1.807) is 0 Å². The number of fused-ring (bicyclic) bond motifs is 1. The van der Waals surface area contributed by atoms with Gasteiger partial charge in [-0.1, -0.05) is 44.2 Å². The van der Waals surface area contributed by atoms with E-state index < -0.39 is 0 Å². The van der Waals surface area contributed by atoms with Crippen LogP contribution in [0.1, 0.15) is 19.4 Å². The Kier molecular flexibility index (Phi) is 3.52. The lowest BCUT2D eigenvalue weighted by molar-refractivity contribution is 1.50. The van der Waals surface area contributed by atoms with Gasteiger partial charge in [0.25, 0.3) is 0 Å². The predicted molar refractivity (Wildman–Crippen MR) is 64.4 cm³/mol. The Morgan fingerprint density at radius 3 is 2.07 bits per heavy atom. The molecular weight excluding hydrogens is 170 g/mol. The molecule has 1 heteroatoms. The van der Waals surface area contributed by atoms with Crippen molar-refractivity contribution in [1.29, 1.82) is 0 Å². The van der Waals surface area contributed by atoms with Gasteiger partial charge >= 0.3 is 0 Å². The molecular formula is C13H17N. The summed E-state index contributed by atoms with van der Waals surface area (Å²) >= 11 is 0. The van der Waals surface area contributed by atoms with E-state index in [0.717, 1.165) is 5.69 Å². The third-order valence-corrected chi connectivity index (χ3v) is 2.15. The Balaban J connectivity index is 0.000000461. The number of aryl methyl sites for hydroxylation is 1. The van der Waals surface area contributed by atoms with Gasteiger partial charge in [-0.2, -0.15) is 0 Å². The van der Waals surface area contributed by atoms with Crippen LogP contribution in [0, 0.1) is 6.92 Å². The first-order valence-corrected chi connectivity index (χ1v) is 5.03. The molecule has 0 bridgehead atoms. The molecule has 0 aliphatic heterocycles. The van der Waals surface area contributed by atoms with E-state index in [2.05, 4.69) is 31.2 Å². The second-order valence-corrected chi connectivity index (χ2v) is 3.02. The molecule has 2 N–H and O–H groups in total. The van der Waals surface area contributed by atoms with Crippen LogP contribution in [0.5, 0.6) is 0 Å². The molecule has 0 unspecified atom stereocenters. The smallest absolute Gasteiger partial charge is 0.0396 e. The van der Waals surface area contributed by atoms with Gasteiger partial charge in [-0.3, -0.25) is 0 Å². The SMILES string of the molecule is CC.Cc1cccc2cccc(N)c12. The average molecular weight is 187 g/mol. The molecule has 74 valence electrons. The zero-order chi connectivity index (χ0) is 10.6. The first-order chi connectivity index (χ1) is 6.79. The predicted octanol–water partition coefficient (Wildman–Crippen LogP) is 3.76. The number of hydrogen-bond donors (Lipinski definition) is 1. The van der Waals surface area contributed by atoms with Gasteiger partial charge in [0.05, 0.1) is 0 Å². The summed E-state index contributed by atoms with van der Waals surface area (Å²) in [6, 6.07) is 12.2. The van der Waals surface area contributed by atoms with Crippen LogP contribution in [0.3, 0.4) is 0 Å². The van der Waals surface area contributed by atoms with Crippen molar-refractivity contribution in [3.63, 3.8) is 0 Å². The molecule has 0 spiro atoms. The van der Waals surface area contributed by atoms with Gasteiger partial charge in [-0.05, 0) is 23.9 Å². The second kappa shape index (κ2) is 4.66. The monoisotopic (exact) mass is 187 g/mol. The number of nitrogens with two attached hydrogens (primary N) is 1. The molecule has 0 atom stereocenters. The highest BCUT2D eigenvalue weighted by molar-refractivity contribution is 5.95. The molecule has 2 rings (SSSR count). The van der Waals surface area contributed by atoms with Gasteiger partial charge < -0.3 is 5.73 Å². The maximum Gasteiger partial charge on any atom is 0.0396 e. The number of rotatable bonds is 0.